The van der Waals surface area contributed by atoms with E-state index >= 15 is 0 Å². The SMILES string of the molecule is Cc1cccc(C(C(=O)Nc2ccc3ccccc3c2)N(C)C(=O)C(NC(=O)OC(C)(C)C)C(C)C)c1O. The van der Waals surface area contributed by atoms with Crippen molar-refractivity contribution in [1.29, 1.82) is 0 Å². The lowest BCUT2D eigenvalue weighted by atomic mass is 9.97. The number of para-hydroxylation sites is 1. The topological polar surface area (TPSA) is 108 Å². The number of aromatic hydroxyl groups is 1. The van der Waals surface area contributed by atoms with Crippen LogP contribution in [0.5, 0.6) is 5.75 Å². The van der Waals surface area contributed by atoms with Crippen LogP contribution in [0.2, 0.25) is 0 Å². The van der Waals surface area contributed by atoms with Crippen molar-refractivity contribution in [2.45, 2.75) is 59.2 Å². The summed E-state index contributed by atoms with van der Waals surface area (Å²) in [5.74, 6) is -1.37. The van der Waals surface area contributed by atoms with Gasteiger partial charge in [0.2, 0.25) is 5.91 Å². The van der Waals surface area contributed by atoms with Gasteiger partial charge in [-0.3, -0.25) is 9.59 Å². The monoisotopic (exact) mass is 519 g/mol. The number of fused-ring (bicyclic) bond motifs is 1. The Morgan fingerprint density at radius 3 is 2.24 bits per heavy atom. The molecule has 8 nitrogen and oxygen atoms in total. The highest BCUT2D eigenvalue weighted by Gasteiger charge is 2.36. The standard InChI is InChI=1S/C30H37N3O5/c1-18(2)24(32-29(37)38-30(4,5)6)28(36)33(7)25(23-14-10-11-19(3)26(23)34)27(35)31-22-16-15-20-12-8-9-13-21(20)17-22/h8-18,24-25,34H,1-7H3,(H,31,35)(H,32,37). The molecule has 3 rings (SSSR count). The number of benzene rings is 3. The van der Waals surface area contributed by atoms with Crippen LogP contribution in [0, 0.1) is 12.8 Å². The van der Waals surface area contributed by atoms with E-state index in [0.29, 0.717) is 11.3 Å². The van der Waals surface area contributed by atoms with Gasteiger partial charge in [0.15, 0.2) is 0 Å². The molecule has 0 fully saturated rings. The Hall–Kier alpha value is -4.07. The molecule has 3 aromatic rings. The number of nitrogens with zero attached hydrogens (tertiary/aromatic N) is 1. The fraction of sp³-hybridized carbons (Fsp3) is 0.367. The molecule has 8 heteroatoms. The zero-order valence-electron chi connectivity index (χ0n) is 23.0. The second-order valence-electron chi connectivity index (χ2n) is 10.8. The van der Waals surface area contributed by atoms with E-state index in [2.05, 4.69) is 10.6 Å². The van der Waals surface area contributed by atoms with Crippen LogP contribution in [-0.2, 0) is 14.3 Å². The zero-order chi connectivity index (χ0) is 28.2. The minimum atomic E-state index is -1.17. The first-order valence-corrected chi connectivity index (χ1v) is 12.6. The van der Waals surface area contributed by atoms with E-state index in [4.69, 9.17) is 4.74 Å². The van der Waals surface area contributed by atoms with Gasteiger partial charge in [-0.15, -0.1) is 0 Å². The molecule has 0 spiro atoms. The third kappa shape index (κ3) is 6.82. The summed E-state index contributed by atoms with van der Waals surface area (Å²) >= 11 is 0. The van der Waals surface area contributed by atoms with Gasteiger partial charge in [-0.05, 0) is 62.1 Å². The average molecular weight is 520 g/mol. The maximum atomic E-state index is 13.7. The van der Waals surface area contributed by atoms with Gasteiger partial charge in [0.1, 0.15) is 23.4 Å². The van der Waals surface area contributed by atoms with E-state index in [0.717, 1.165) is 10.8 Å². The Bertz CT molecular complexity index is 1330. The number of ether oxygens (including phenoxy) is 1. The Kier molecular flexibility index (Phi) is 8.66. The summed E-state index contributed by atoms with van der Waals surface area (Å²) in [7, 11) is 1.49. The summed E-state index contributed by atoms with van der Waals surface area (Å²) in [6.45, 7) is 10.5. The van der Waals surface area contributed by atoms with Crippen molar-refractivity contribution in [3.63, 3.8) is 0 Å². The van der Waals surface area contributed by atoms with Crippen LogP contribution >= 0.6 is 0 Å². The molecule has 0 aliphatic heterocycles. The molecule has 2 atom stereocenters. The number of carbonyl (C=O) groups is 3. The lowest BCUT2D eigenvalue weighted by Crippen LogP contribution is -2.53. The molecule has 0 aromatic heterocycles. The van der Waals surface area contributed by atoms with E-state index in [1.54, 1.807) is 65.8 Å². The number of alkyl carbamates (subject to hydrolysis) is 1. The Balaban J connectivity index is 1.96. The minimum Gasteiger partial charge on any atom is -0.507 e. The number of aryl methyl sites for hydroxylation is 1. The normalized spacial score (nSPS) is 13.1. The fourth-order valence-electron chi connectivity index (χ4n) is 4.20. The van der Waals surface area contributed by atoms with Crippen molar-refractivity contribution in [2.24, 2.45) is 5.92 Å². The van der Waals surface area contributed by atoms with Gasteiger partial charge in [-0.1, -0.05) is 62.4 Å². The number of anilines is 1. The molecule has 0 heterocycles. The van der Waals surface area contributed by atoms with Crippen LogP contribution < -0.4 is 10.6 Å². The predicted molar refractivity (Wildman–Crippen MR) is 149 cm³/mol. The van der Waals surface area contributed by atoms with Crippen molar-refractivity contribution < 1.29 is 24.2 Å². The second kappa shape index (κ2) is 11.5. The largest absolute Gasteiger partial charge is 0.507 e. The number of hydrogen-bond donors (Lipinski definition) is 3. The summed E-state index contributed by atoms with van der Waals surface area (Å²) in [5.41, 5.74) is 0.660. The molecule has 0 saturated carbocycles. The summed E-state index contributed by atoms with van der Waals surface area (Å²) in [5, 5.41) is 18.4. The number of likely N-dealkylation sites (N-methyl/N-ethyl adjacent to an activating group) is 1. The van der Waals surface area contributed by atoms with E-state index in [9.17, 15) is 19.5 Å². The van der Waals surface area contributed by atoms with Crippen LogP contribution in [0.1, 0.15) is 51.8 Å². The molecule has 38 heavy (non-hydrogen) atoms. The summed E-state index contributed by atoms with van der Waals surface area (Å²) in [6, 6.07) is 16.2. The van der Waals surface area contributed by atoms with Crippen molar-refractivity contribution in [1.82, 2.24) is 10.2 Å². The molecule has 3 amide bonds. The Morgan fingerprint density at radius 1 is 0.947 bits per heavy atom. The van der Waals surface area contributed by atoms with Crippen molar-refractivity contribution >= 4 is 34.4 Å². The number of carbonyl (C=O) groups excluding carboxylic acids is 3. The van der Waals surface area contributed by atoms with Crippen LogP contribution in [-0.4, -0.2) is 46.6 Å². The average Bonchev–Trinajstić information content (AvgIpc) is 2.83. The molecular weight excluding hydrogens is 482 g/mol. The third-order valence-electron chi connectivity index (χ3n) is 6.17. The fourth-order valence-corrected chi connectivity index (χ4v) is 4.20. The van der Waals surface area contributed by atoms with E-state index in [-0.39, 0.29) is 17.2 Å². The number of amides is 3. The summed E-state index contributed by atoms with van der Waals surface area (Å²) in [4.78, 5) is 41.2. The van der Waals surface area contributed by atoms with Gasteiger partial charge in [-0.2, -0.15) is 0 Å². The number of phenolic OH excluding ortho intramolecular Hbond substituents is 1. The lowest BCUT2D eigenvalue weighted by molar-refractivity contribution is -0.140. The third-order valence-corrected chi connectivity index (χ3v) is 6.17. The van der Waals surface area contributed by atoms with Crippen molar-refractivity contribution in [2.75, 3.05) is 12.4 Å². The van der Waals surface area contributed by atoms with Crippen LogP contribution in [0.15, 0.2) is 60.7 Å². The Labute approximate surface area is 224 Å². The van der Waals surface area contributed by atoms with Crippen molar-refractivity contribution in [3.8, 4) is 5.75 Å². The van der Waals surface area contributed by atoms with Crippen molar-refractivity contribution in [3.05, 3.63) is 71.8 Å². The van der Waals surface area contributed by atoms with Gasteiger partial charge < -0.3 is 25.4 Å². The molecule has 0 aliphatic rings. The highest BCUT2D eigenvalue weighted by atomic mass is 16.6. The number of hydrogen-bond acceptors (Lipinski definition) is 5. The van der Waals surface area contributed by atoms with Gasteiger partial charge in [0, 0.05) is 18.3 Å². The zero-order valence-corrected chi connectivity index (χ0v) is 23.0. The second-order valence-corrected chi connectivity index (χ2v) is 10.8. The minimum absolute atomic E-state index is 0.0768. The van der Waals surface area contributed by atoms with Crippen LogP contribution in [0.3, 0.4) is 0 Å². The van der Waals surface area contributed by atoms with Crippen LogP contribution in [0.4, 0.5) is 10.5 Å². The van der Waals surface area contributed by atoms with Gasteiger partial charge in [0.05, 0.1) is 0 Å². The molecular formula is C30H37N3O5. The maximum Gasteiger partial charge on any atom is 0.408 e. The molecule has 0 radical (unpaired) electrons. The summed E-state index contributed by atoms with van der Waals surface area (Å²) in [6.07, 6.45) is -0.728. The van der Waals surface area contributed by atoms with Crippen LogP contribution in [0.25, 0.3) is 10.8 Å². The maximum absolute atomic E-state index is 13.7. The van der Waals surface area contributed by atoms with Gasteiger partial charge in [-0.25, -0.2) is 4.79 Å². The Morgan fingerprint density at radius 2 is 1.61 bits per heavy atom. The number of phenols is 1. The number of nitrogens with one attached hydrogen (secondary N) is 2. The first kappa shape index (κ1) is 28.5. The lowest BCUT2D eigenvalue weighted by Gasteiger charge is -2.33. The molecule has 202 valence electrons. The van der Waals surface area contributed by atoms with Gasteiger partial charge in [0.25, 0.3) is 5.91 Å². The number of rotatable bonds is 7. The van der Waals surface area contributed by atoms with E-state index in [1.165, 1.54) is 11.9 Å². The highest BCUT2D eigenvalue weighted by Crippen LogP contribution is 2.33. The smallest absolute Gasteiger partial charge is 0.408 e. The van der Waals surface area contributed by atoms with E-state index < -0.39 is 35.6 Å². The first-order chi connectivity index (χ1) is 17.8. The molecule has 0 bridgehead atoms. The molecule has 0 saturated heterocycles. The van der Waals surface area contributed by atoms with Gasteiger partial charge >= 0.3 is 6.09 Å². The first-order valence-electron chi connectivity index (χ1n) is 12.6. The molecule has 0 aliphatic carbocycles. The van der Waals surface area contributed by atoms with E-state index in [1.807, 2.05) is 36.4 Å². The highest BCUT2D eigenvalue weighted by molar-refractivity contribution is 6.00. The molecule has 3 N–H and O–H groups in total. The molecule has 3 aromatic carbocycles. The molecule has 2 unspecified atom stereocenters. The predicted octanol–water partition coefficient (Wildman–Crippen LogP) is 5.54. The quantitative estimate of drug-likeness (QED) is 0.380. The summed E-state index contributed by atoms with van der Waals surface area (Å²) < 4.78 is 5.35.